The summed E-state index contributed by atoms with van der Waals surface area (Å²) in [5.74, 6) is -0.728. The Morgan fingerprint density at radius 2 is 2.11 bits per heavy atom. The number of carbonyl (C=O) groups is 1. The lowest BCUT2D eigenvalue weighted by Crippen LogP contribution is -2.13. The van der Waals surface area contributed by atoms with Gasteiger partial charge < -0.3 is 5.32 Å². The minimum absolute atomic E-state index is 0.322. The summed E-state index contributed by atoms with van der Waals surface area (Å²) in [6.45, 7) is 1.85. The standard InChI is InChI=1S/C13H10BrFN2O/c1-8-4-9(7-16-6-8)13(18)17-12-5-10(15)2-3-11(12)14/h2-7H,1H3,(H,17,18). The molecule has 1 amide bonds. The molecule has 0 saturated heterocycles. The van der Waals surface area contributed by atoms with Crippen molar-refractivity contribution >= 4 is 27.5 Å². The maximum atomic E-state index is 13.1. The van der Waals surface area contributed by atoms with Gasteiger partial charge in [0.05, 0.1) is 11.3 Å². The second kappa shape index (κ2) is 5.27. The van der Waals surface area contributed by atoms with E-state index in [0.29, 0.717) is 15.7 Å². The molecule has 1 aromatic heterocycles. The highest BCUT2D eigenvalue weighted by Crippen LogP contribution is 2.23. The summed E-state index contributed by atoms with van der Waals surface area (Å²) in [6.07, 6.45) is 3.13. The van der Waals surface area contributed by atoms with Crippen LogP contribution in [0.15, 0.2) is 41.1 Å². The van der Waals surface area contributed by atoms with Gasteiger partial charge in [-0.1, -0.05) is 0 Å². The van der Waals surface area contributed by atoms with Crippen LogP contribution < -0.4 is 5.32 Å². The second-order valence-corrected chi connectivity index (χ2v) is 4.68. The number of benzene rings is 1. The van der Waals surface area contributed by atoms with Crippen molar-refractivity contribution < 1.29 is 9.18 Å². The van der Waals surface area contributed by atoms with E-state index in [4.69, 9.17) is 0 Å². The molecule has 2 rings (SSSR count). The molecule has 0 aliphatic heterocycles. The highest BCUT2D eigenvalue weighted by Gasteiger charge is 2.09. The van der Waals surface area contributed by atoms with Crippen molar-refractivity contribution in [2.75, 3.05) is 5.32 Å². The molecule has 0 unspecified atom stereocenters. The predicted octanol–water partition coefficient (Wildman–Crippen LogP) is 3.54. The number of aryl methyl sites for hydroxylation is 1. The van der Waals surface area contributed by atoms with Gasteiger partial charge in [-0.25, -0.2) is 4.39 Å². The highest BCUT2D eigenvalue weighted by atomic mass is 79.9. The molecular formula is C13H10BrFN2O. The Bertz CT molecular complexity index is 601. The van der Waals surface area contributed by atoms with Crippen LogP contribution in [0, 0.1) is 12.7 Å². The summed E-state index contributed by atoms with van der Waals surface area (Å²) in [6, 6.07) is 5.83. The number of nitrogens with one attached hydrogen (secondary N) is 1. The van der Waals surface area contributed by atoms with Crippen molar-refractivity contribution in [2.45, 2.75) is 6.92 Å². The normalized spacial score (nSPS) is 10.2. The van der Waals surface area contributed by atoms with Crippen LogP contribution in [0.4, 0.5) is 10.1 Å². The number of hydrogen-bond acceptors (Lipinski definition) is 2. The van der Waals surface area contributed by atoms with E-state index in [2.05, 4.69) is 26.2 Å². The number of aromatic nitrogens is 1. The third-order valence-corrected chi connectivity index (χ3v) is 3.01. The highest BCUT2D eigenvalue weighted by molar-refractivity contribution is 9.10. The molecular weight excluding hydrogens is 299 g/mol. The van der Waals surface area contributed by atoms with Crippen LogP contribution >= 0.6 is 15.9 Å². The molecule has 1 aromatic carbocycles. The summed E-state index contributed by atoms with van der Waals surface area (Å²) in [4.78, 5) is 15.9. The number of hydrogen-bond donors (Lipinski definition) is 1. The lowest BCUT2D eigenvalue weighted by Gasteiger charge is -2.07. The fraction of sp³-hybridized carbons (Fsp3) is 0.0769. The minimum atomic E-state index is -0.407. The first kappa shape index (κ1) is 12.7. The van der Waals surface area contributed by atoms with E-state index in [1.807, 2.05) is 6.92 Å². The molecule has 0 atom stereocenters. The fourth-order valence-corrected chi connectivity index (χ4v) is 1.81. The SMILES string of the molecule is Cc1cncc(C(=O)Nc2cc(F)ccc2Br)c1. The molecule has 0 aliphatic carbocycles. The van der Waals surface area contributed by atoms with Crippen molar-refractivity contribution in [1.82, 2.24) is 4.98 Å². The molecule has 2 aromatic rings. The number of anilines is 1. The van der Waals surface area contributed by atoms with Crippen LogP contribution in [0.25, 0.3) is 0 Å². The van der Waals surface area contributed by atoms with E-state index in [-0.39, 0.29) is 5.91 Å². The van der Waals surface area contributed by atoms with E-state index in [0.717, 1.165) is 5.56 Å². The fourth-order valence-electron chi connectivity index (χ4n) is 1.47. The summed E-state index contributed by atoms with van der Waals surface area (Å²) in [5.41, 5.74) is 1.72. The molecule has 0 bridgehead atoms. The van der Waals surface area contributed by atoms with Gasteiger partial charge in [-0.15, -0.1) is 0 Å². The molecule has 1 heterocycles. The van der Waals surface area contributed by atoms with Crippen molar-refractivity contribution in [3.63, 3.8) is 0 Å². The van der Waals surface area contributed by atoms with E-state index in [1.54, 1.807) is 18.3 Å². The molecule has 0 saturated carbocycles. The largest absolute Gasteiger partial charge is 0.321 e. The average molecular weight is 309 g/mol. The lowest BCUT2D eigenvalue weighted by atomic mass is 10.2. The molecule has 5 heteroatoms. The van der Waals surface area contributed by atoms with Gasteiger partial charge in [-0.3, -0.25) is 9.78 Å². The van der Waals surface area contributed by atoms with E-state index >= 15 is 0 Å². The maximum absolute atomic E-state index is 13.1. The van der Waals surface area contributed by atoms with Crippen LogP contribution in [0.1, 0.15) is 15.9 Å². The predicted molar refractivity (Wildman–Crippen MR) is 71.0 cm³/mol. The zero-order valence-electron chi connectivity index (χ0n) is 9.58. The molecule has 18 heavy (non-hydrogen) atoms. The first-order chi connectivity index (χ1) is 8.56. The van der Waals surface area contributed by atoms with Gasteiger partial charge in [0.25, 0.3) is 5.91 Å². The second-order valence-electron chi connectivity index (χ2n) is 3.83. The van der Waals surface area contributed by atoms with Crippen LogP contribution in [0.3, 0.4) is 0 Å². The van der Waals surface area contributed by atoms with Gasteiger partial charge in [-0.05, 0) is 52.7 Å². The number of nitrogens with zero attached hydrogens (tertiary/aromatic N) is 1. The Kier molecular flexibility index (Phi) is 3.72. The quantitative estimate of drug-likeness (QED) is 0.922. The Hall–Kier alpha value is -1.75. The van der Waals surface area contributed by atoms with Crippen molar-refractivity contribution in [3.8, 4) is 0 Å². The summed E-state index contributed by atoms with van der Waals surface area (Å²) in [7, 11) is 0. The number of carbonyl (C=O) groups excluding carboxylic acids is 1. The third kappa shape index (κ3) is 2.92. The minimum Gasteiger partial charge on any atom is -0.321 e. The number of pyridine rings is 1. The molecule has 0 spiro atoms. The molecule has 0 radical (unpaired) electrons. The Balaban J connectivity index is 2.24. The first-order valence-electron chi connectivity index (χ1n) is 5.24. The first-order valence-corrected chi connectivity index (χ1v) is 6.03. The topological polar surface area (TPSA) is 42.0 Å². The maximum Gasteiger partial charge on any atom is 0.257 e. The third-order valence-electron chi connectivity index (χ3n) is 2.31. The monoisotopic (exact) mass is 308 g/mol. The van der Waals surface area contributed by atoms with Crippen molar-refractivity contribution in [3.05, 3.63) is 58.1 Å². The van der Waals surface area contributed by atoms with E-state index in [1.165, 1.54) is 18.3 Å². The number of amides is 1. The van der Waals surface area contributed by atoms with Crippen LogP contribution in [0.5, 0.6) is 0 Å². The van der Waals surface area contributed by atoms with Crippen molar-refractivity contribution in [2.24, 2.45) is 0 Å². The van der Waals surface area contributed by atoms with E-state index < -0.39 is 5.82 Å². The molecule has 1 N–H and O–H groups in total. The Morgan fingerprint density at radius 3 is 2.83 bits per heavy atom. The summed E-state index contributed by atoms with van der Waals surface area (Å²) >= 11 is 3.25. The van der Waals surface area contributed by atoms with Gasteiger partial charge in [0.1, 0.15) is 5.82 Å². The molecule has 92 valence electrons. The van der Waals surface area contributed by atoms with Crippen LogP contribution in [0.2, 0.25) is 0 Å². The van der Waals surface area contributed by atoms with Crippen LogP contribution in [-0.2, 0) is 0 Å². The Morgan fingerprint density at radius 1 is 1.33 bits per heavy atom. The molecule has 0 aliphatic rings. The molecule has 3 nitrogen and oxygen atoms in total. The average Bonchev–Trinajstić information content (AvgIpc) is 2.34. The zero-order valence-corrected chi connectivity index (χ0v) is 11.2. The molecule has 0 fully saturated rings. The van der Waals surface area contributed by atoms with Gasteiger partial charge in [0.15, 0.2) is 0 Å². The zero-order chi connectivity index (χ0) is 13.1. The van der Waals surface area contributed by atoms with Crippen LogP contribution in [-0.4, -0.2) is 10.9 Å². The van der Waals surface area contributed by atoms with Crippen molar-refractivity contribution in [1.29, 1.82) is 0 Å². The van der Waals surface area contributed by atoms with Gasteiger partial charge in [-0.2, -0.15) is 0 Å². The lowest BCUT2D eigenvalue weighted by molar-refractivity contribution is 0.102. The van der Waals surface area contributed by atoms with Gasteiger partial charge >= 0.3 is 0 Å². The smallest absolute Gasteiger partial charge is 0.257 e. The van der Waals surface area contributed by atoms with Gasteiger partial charge in [0.2, 0.25) is 0 Å². The summed E-state index contributed by atoms with van der Waals surface area (Å²) < 4.78 is 13.7. The van der Waals surface area contributed by atoms with Gasteiger partial charge in [0, 0.05) is 16.9 Å². The number of halogens is 2. The summed E-state index contributed by atoms with van der Waals surface area (Å²) in [5, 5.41) is 2.63. The number of rotatable bonds is 2. The van der Waals surface area contributed by atoms with E-state index in [9.17, 15) is 9.18 Å². The Labute approximate surface area is 112 Å².